The highest BCUT2D eigenvalue weighted by atomic mass is 32.1. The van der Waals surface area contributed by atoms with Crippen LogP contribution in [0, 0.1) is 17.6 Å². The monoisotopic (exact) mass is 518 g/mol. The van der Waals surface area contributed by atoms with Crippen molar-refractivity contribution in [3.05, 3.63) is 51.5 Å². The number of nitrogens with one attached hydrogen (secondary N) is 2. The molecule has 36 heavy (non-hydrogen) atoms. The van der Waals surface area contributed by atoms with E-state index >= 15 is 0 Å². The number of nitrogens with zero attached hydrogens (tertiary/aromatic N) is 2. The van der Waals surface area contributed by atoms with E-state index in [1.807, 2.05) is 0 Å². The second-order valence-electron chi connectivity index (χ2n) is 9.61. The van der Waals surface area contributed by atoms with E-state index in [9.17, 15) is 23.2 Å². The summed E-state index contributed by atoms with van der Waals surface area (Å²) < 4.78 is 27.4. The number of carbonyl (C=O) groups is 3. The molecule has 2 aliphatic rings. The summed E-state index contributed by atoms with van der Waals surface area (Å²) in [5, 5.41) is 8.08. The van der Waals surface area contributed by atoms with E-state index in [0.717, 1.165) is 50.7 Å². The first-order valence-corrected chi connectivity index (χ1v) is 13.4. The fraction of sp³-hybridized carbons (Fsp3) is 0.538. The minimum absolute atomic E-state index is 0.0692. The molecule has 0 spiro atoms. The molecule has 2 heterocycles. The van der Waals surface area contributed by atoms with Gasteiger partial charge in [0.2, 0.25) is 17.6 Å². The summed E-state index contributed by atoms with van der Waals surface area (Å²) in [5.74, 6) is -2.56. The van der Waals surface area contributed by atoms with Crippen molar-refractivity contribution in [1.29, 1.82) is 0 Å². The Labute approximate surface area is 213 Å². The zero-order chi connectivity index (χ0) is 25.8. The second kappa shape index (κ2) is 11.6. The number of hydrogen-bond acceptors (Lipinski definition) is 6. The third kappa shape index (κ3) is 5.64. The standard InChI is InChI=1S/C26H32F2N4O3S/c1-15(29-2)24(34)31-22(16-7-4-3-5-8-16)26(35)32-12-6-9-21(32)25-30-20(14-36-25)23(33)18-11-10-17(27)13-19(18)28/h10-11,13-16,21-22,29H,3-9,12H2,1-2H3,(H,31,34)/t15-,21-,22?/m0/s1. The molecular weight excluding hydrogens is 486 g/mol. The Morgan fingerprint density at radius 2 is 1.86 bits per heavy atom. The van der Waals surface area contributed by atoms with Crippen molar-refractivity contribution in [1.82, 2.24) is 20.5 Å². The first-order valence-electron chi connectivity index (χ1n) is 12.5. The van der Waals surface area contributed by atoms with Crippen molar-refractivity contribution in [2.45, 2.75) is 70.0 Å². The molecule has 3 atom stereocenters. The summed E-state index contributed by atoms with van der Waals surface area (Å²) in [6.07, 6.45) is 6.46. The maximum Gasteiger partial charge on any atom is 0.246 e. The first-order chi connectivity index (χ1) is 17.3. The number of likely N-dealkylation sites (tertiary alicyclic amines) is 1. The van der Waals surface area contributed by atoms with Gasteiger partial charge >= 0.3 is 0 Å². The molecule has 1 saturated heterocycles. The number of likely N-dealkylation sites (N-methyl/N-ethyl adjacent to an activating group) is 1. The Kier molecular flexibility index (Phi) is 8.46. The van der Waals surface area contributed by atoms with Gasteiger partial charge in [0.05, 0.1) is 17.6 Å². The van der Waals surface area contributed by atoms with Crippen LogP contribution in [0.25, 0.3) is 0 Å². The van der Waals surface area contributed by atoms with Crippen molar-refractivity contribution in [2.24, 2.45) is 5.92 Å². The highest BCUT2D eigenvalue weighted by Gasteiger charge is 2.40. The van der Waals surface area contributed by atoms with Crippen LogP contribution in [0.3, 0.4) is 0 Å². The SMILES string of the molecule is CN[C@@H](C)C(=O)NC(C(=O)N1CCC[C@H]1c1nc(C(=O)c2ccc(F)cc2F)cs1)C1CCCCC1. The van der Waals surface area contributed by atoms with Crippen LogP contribution in [0.1, 0.15) is 79.0 Å². The number of carbonyl (C=O) groups excluding carboxylic acids is 3. The molecule has 1 saturated carbocycles. The van der Waals surface area contributed by atoms with Crippen molar-refractivity contribution in [2.75, 3.05) is 13.6 Å². The minimum Gasteiger partial charge on any atom is -0.343 e. The molecule has 1 aromatic heterocycles. The Bertz CT molecular complexity index is 1120. The molecule has 1 aliphatic heterocycles. The molecule has 2 amide bonds. The van der Waals surface area contributed by atoms with Crippen LogP contribution in [0.5, 0.6) is 0 Å². The summed E-state index contributed by atoms with van der Waals surface area (Å²) in [5.41, 5.74) is -0.175. The summed E-state index contributed by atoms with van der Waals surface area (Å²) in [7, 11) is 1.71. The van der Waals surface area contributed by atoms with E-state index in [1.165, 1.54) is 11.3 Å². The Morgan fingerprint density at radius 3 is 2.56 bits per heavy atom. The molecule has 1 aliphatic carbocycles. The summed E-state index contributed by atoms with van der Waals surface area (Å²) in [6, 6.07) is 1.48. The quantitative estimate of drug-likeness (QED) is 0.516. The molecule has 4 rings (SSSR count). The van der Waals surface area contributed by atoms with Gasteiger partial charge in [0, 0.05) is 18.0 Å². The summed E-state index contributed by atoms with van der Waals surface area (Å²) in [6.45, 7) is 2.30. The van der Waals surface area contributed by atoms with Gasteiger partial charge in [0.1, 0.15) is 28.4 Å². The van der Waals surface area contributed by atoms with Crippen LogP contribution >= 0.6 is 11.3 Å². The van der Waals surface area contributed by atoms with Crippen LogP contribution in [0.15, 0.2) is 23.6 Å². The Morgan fingerprint density at radius 1 is 1.11 bits per heavy atom. The van der Waals surface area contributed by atoms with Crippen LogP contribution in [-0.2, 0) is 9.59 Å². The normalized spacial score (nSPS) is 20.2. The lowest BCUT2D eigenvalue weighted by molar-refractivity contribution is -0.139. The van der Waals surface area contributed by atoms with E-state index in [4.69, 9.17) is 0 Å². The van der Waals surface area contributed by atoms with Crippen molar-refractivity contribution in [3.8, 4) is 0 Å². The number of hydrogen-bond donors (Lipinski definition) is 2. The van der Waals surface area contributed by atoms with E-state index in [2.05, 4.69) is 15.6 Å². The van der Waals surface area contributed by atoms with Gasteiger partial charge in [-0.05, 0) is 57.7 Å². The molecule has 0 bridgehead atoms. The lowest BCUT2D eigenvalue weighted by Crippen LogP contribution is -2.55. The van der Waals surface area contributed by atoms with Gasteiger partial charge in [0.15, 0.2) is 0 Å². The summed E-state index contributed by atoms with van der Waals surface area (Å²) in [4.78, 5) is 45.6. The Balaban J connectivity index is 1.54. The molecule has 0 radical (unpaired) electrons. The van der Waals surface area contributed by atoms with Crippen LogP contribution < -0.4 is 10.6 Å². The predicted octanol–water partition coefficient (Wildman–Crippen LogP) is 3.99. The van der Waals surface area contributed by atoms with E-state index in [0.29, 0.717) is 24.0 Å². The molecule has 1 aromatic carbocycles. The third-order valence-electron chi connectivity index (χ3n) is 7.26. The number of thiazole rings is 1. The van der Waals surface area contributed by atoms with Gasteiger partial charge in [-0.3, -0.25) is 14.4 Å². The zero-order valence-corrected chi connectivity index (χ0v) is 21.4. The fourth-order valence-electron chi connectivity index (χ4n) is 5.08. The smallest absolute Gasteiger partial charge is 0.246 e. The molecular formula is C26H32F2N4O3S. The second-order valence-corrected chi connectivity index (χ2v) is 10.5. The average Bonchev–Trinajstić information content (AvgIpc) is 3.56. The van der Waals surface area contributed by atoms with E-state index < -0.39 is 29.5 Å². The fourth-order valence-corrected chi connectivity index (χ4v) is 6.03. The van der Waals surface area contributed by atoms with Crippen LogP contribution in [0.2, 0.25) is 0 Å². The van der Waals surface area contributed by atoms with Crippen LogP contribution in [0.4, 0.5) is 8.78 Å². The molecule has 10 heteroatoms. The largest absolute Gasteiger partial charge is 0.343 e. The van der Waals surface area contributed by atoms with Crippen LogP contribution in [-0.4, -0.2) is 53.2 Å². The molecule has 2 aromatic rings. The highest BCUT2D eigenvalue weighted by molar-refractivity contribution is 7.10. The van der Waals surface area contributed by atoms with Crippen molar-refractivity contribution >= 4 is 28.9 Å². The van der Waals surface area contributed by atoms with Gasteiger partial charge in [-0.1, -0.05) is 19.3 Å². The van der Waals surface area contributed by atoms with Gasteiger partial charge in [-0.15, -0.1) is 11.3 Å². The van der Waals surface area contributed by atoms with E-state index in [1.54, 1.807) is 24.3 Å². The van der Waals surface area contributed by atoms with Crippen molar-refractivity contribution in [3.63, 3.8) is 0 Å². The average molecular weight is 519 g/mol. The number of aromatic nitrogens is 1. The lowest BCUT2D eigenvalue weighted by atomic mass is 9.83. The van der Waals surface area contributed by atoms with Crippen molar-refractivity contribution < 1.29 is 23.2 Å². The molecule has 2 N–H and O–H groups in total. The minimum atomic E-state index is -0.936. The first kappa shape index (κ1) is 26.3. The topological polar surface area (TPSA) is 91.4 Å². The predicted molar refractivity (Wildman–Crippen MR) is 133 cm³/mol. The number of rotatable bonds is 8. The number of halogens is 2. The lowest BCUT2D eigenvalue weighted by Gasteiger charge is -2.35. The number of amides is 2. The van der Waals surface area contributed by atoms with E-state index in [-0.39, 0.29) is 35.0 Å². The maximum atomic E-state index is 14.1. The zero-order valence-electron chi connectivity index (χ0n) is 20.6. The van der Waals surface area contributed by atoms with Gasteiger partial charge < -0.3 is 15.5 Å². The van der Waals surface area contributed by atoms with Gasteiger partial charge in [0.25, 0.3) is 0 Å². The maximum absolute atomic E-state index is 14.1. The molecule has 1 unspecified atom stereocenters. The molecule has 7 nitrogen and oxygen atoms in total. The van der Waals surface area contributed by atoms with Gasteiger partial charge in [-0.25, -0.2) is 13.8 Å². The molecule has 2 fully saturated rings. The number of benzene rings is 1. The Hall–Kier alpha value is -2.72. The van der Waals surface area contributed by atoms with Gasteiger partial charge in [-0.2, -0.15) is 0 Å². The molecule has 194 valence electrons. The highest BCUT2D eigenvalue weighted by Crippen LogP contribution is 2.36. The number of ketones is 1. The summed E-state index contributed by atoms with van der Waals surface area (Å²) >= 11 is 1.25. The third-order valence-corrected chi connectivity index (χ3v) is 8.21.